The highest BCUT2D eigenvalue weighted by molar-refractivity contribution is 6.30. The Bertz CT molecular complexity index is 502. The fourth-order valence-electron chi connectivity index (χ4n) is 1.66. The number of aromatic nitrogens is 1. The summed E-state index contributed by atoms with van der Waals surface area (Å²) < 4.78 is 13.2. The van der Waals surface area contributed by atoms with E-state index in [0.717, 1.165) is 18.5 Å². The molecular formula is C14H14ClFN2. The van der Waals surface area contributed by atoms with Crippen molar-refractivity contribution in [2.75, 3.05) is 6.54 Å². The first-order chi connectivity index (χ1) is 8.75. The molecular weight excluding hydrogens is 251 g/mol. The summed E-state index contributed by atoms with van der Waals surface area (Å²) >= 11 is 5.62. The highest BCUT2D eigenvalue weighted by Crippen LogP contribution is 2.15. The summed E-state index contributed by atoms with van der Waals surface area (Å²) in [5, 5.41) is 3.43. The molecule has 4 heteroatoms. The van der Waals surface area contributed by atoms with Gasteiger partial charge in [0.1, 0.15) is 5.82 Å². The zero-order valence-corrected chi connectivity index (χ0v) is 10.6. The molecule has 0 saturated carbocycles. The second-order valence-corrected chi connectivity index (χ2v) is 4.44. The second-order valence-electron chi connectivity index (χ2n) is 4.03. The van der Waals surface area contributed by atoms with Crippen LogP contribution in [0.15, 0.2) is 42.7 Å². The predicted molar refractivity (Wildman–Crippen MR) is 71.1 cm³/mol. The van der Waals surface area contributed by atoms with Gasteiger partial charge >= 0.3 is 0 Å². The molecule has 0 aliphatic carbocycles. The molecule has 0 radical (unpaired) electrons. The van der Waals surface area contributed by atoms with Crippen molar-refractivity contribution in [3.8, 4) is 0 Å². The molecule has 0 saturated heterocycles. The smallest absolute Gasteiger partial charge is 0.142 e. The zero-order valence-electron chi connectivity index (χ0n) is 9.87. The van der Waals surface area contributed by atoms with Gasteiger partial charge in [-0.25, -0.2) is 4.39 Å². The van der Waals surface area contributed by atoms with Crippen molar-refractivity contribution in [1.29, 1.82) is 0 Å². The molecule has 0 aliphatic rings. The maximum atomic E-state index is 13.2. The quantitative estimate of drug-likeness (QED) is 0.839. The first kappa shape index (κ1) is 13.0. The van der Waals surface area contributed by atoms with Crippen LogP contribution in [-0.2, 0) is 13.0 Å². The van der Waals surface area contributed by atoms with Crippen LogP contribution >= 0.6 is 11.6 Å². The van der Waals surface area contributed by atoms with Crippen LogP contribution in [0, 0.1) is 5.82 Å². The molecule has 1 aromatic heterocycles. The molecule has 2 aromatic rings. The van der Waals surface area contributed by atoms with E-state index in [1.165, 1.54) is 11.6 Å². The molecule has 0 atom stereocenters. The third kappa shape index (κ3) is 3.79. The molecule has 0 spiro atoms. The number of nitrogens with one attached hydrogen (secondary N) is 1. The van der Waals surface area contributed by atoms with Gasteiger partial charge in [0, 0.05) is 18.9 Å². The van der Waals surface area contributed by atoms with Crippen LogP contribution in [-0.4, -0.2) is 11.5 Å². The van der Waals surface area contributed by atoms with Crippen molar-refractivity contribution >= 4 is 11.6 Å². The van der Waals surface area contributed by atoms with Gasteiger partial charge in [0.2, 0.25) is 0 Å². The summed E-state index contributed by atoms with van der Waals surface area (Å²) in [7, 11) is 0. The molecule has 1 heterocycles. The first-order valence-electron chi connectivity index (χ1n) is 5.79. The van der Waals surface area contributed by atoms with Crippen LogP contribution in [0.25, 0.3) is 0 Å². The number of hydrogen-bond donors (Lipinski definition) is 1. The normalized spacial score (nSPS) is 10.6. The Hall–Kier alpha value is -1.45. The molecule has 0 aliphatic heterocycles. The highest BCUT2D eigenvalue weighted by atomic mass is 35.5. The van der Waals surface area contributed by atoms with E-state index in [4.69, 9.17) is 11.6 Å². The predicted octanol–water partition coefficient (Wildman–Crippen LogP) is 3.21. The summed E-state index contributed by atoms with van der Waals surface area (Å²) in [6.07, 6.45) is 4.49. The number of pyridine rings is 1. The van der Waals surface area contributed by atoms with Crippen LogP contribution in [0.5, 0.6) is 0 Å². The fraction of sp³-hybridized carbons (Fsp3) is 0.214. The SMILES string of the molecule is Fc1cc(CNCCc2ccncc2)ccc1Cl. The minimum atomic E-state index is -0.370. The number of benzene rings is 1. The third-order valence-electron chi connectivity index (χ3n) is 2.65. The van der Waals surface area contributed by atoms with Crippen molar-refractivity contribution in [1.82, 2.24) is 10.3 Å². The lowest BCUT2D eigenvalue weighted by molar-refractivity contribution is 0.620. The Kier molecular flexibility index (Phi) is 4.67. The molecule has 0 amide bonds. The molecule has 94 valence electrons. The van der Waals surface area contributed by atoms with Crippen molar-refractivity contribution in [3.63, 3.8) is 0 Å². The fourth-order valence-corrected chi connectivity index (χ4v) is 1.78. The summed E-state index contributed by atoms with van der Waals surface area (Å²) in [6, 6.07) is 8.84. The van der Waals surface area contributed by atoms with E-state index in [2.05, 4.69) is 10.3 Å². The number of halogens is 2. The number of rotatable bonds is 5. The maximum Gasteiger partial charge on any atom is 0.142 e. The van der Waals surface area contributed by atoms with Gasteiger partial charge in [-0.3, -0.25) is 4.98 Å². The van der Waals surface area contributed by atoms with E-state index in [0.29, 0.717) is 6.54 Å². The van der Waals surface area contributed by atoms with Crippen molar-refractivity contribution in [2.45, 2.75) is 13.0 Å². The monoisotopic (exact) mass is 264 g/mol. The molecule has 2 nitrogen and oxygen atoms in total. The molecule has 0 fully saturated rings. The number of nitrogens with zero attached hydrogens (tertiary/aromatic N) is 1. The van der Waals surface area contributed by atoms with Crippen LogP contribution < -0.4 is 5.32 Å². The minimum absolute atomic E-state index is 0.163. The molecule has 2 rings (SSSR count). The Morgan fingerprint density at radius 2 is 1.89 bits per heavy atom. The van der Waals surface area contributed by atoms with Gasteiger partial charge in [-0.2, -0.15) is 0 Å². The van der Waals surface area contributed by atoms with E-state index in [1.54, 1.807) is 18.5 Å². The van der Waals surface area contributed by atoms with Gasteiger partial charge in [-0.15, -0.1) is 0 Å². The standard InChI is InChI=1S/C14H14ClFN2/c15-13-2-1-12(9-14(13)16)10-18-8-5-11-3-6-17-7-4-11/h1-4,6-7,9,18H,5,8,10H2. The Morgan fingerprint density at radius 1 is 1.11 bits per heavy atom. The highest BCUT2D eigenvalue weighted by Gasteiger charge is 2.00. The van der Waals surface area contributed by atoms with E-state index >= 15 is 0 Å². The minimum Gasteiger partial charge on any atom is -0.312 e. The van der Waals surface area contributed by atoms with E-state index < -0.39 is 0 Å². The van der Waals surface area contributed by atoms with E-state index in [9.17, 15) is 4.39 Å². The summed E-state index contributed by atoms with van der Waals surface area (Å²) in [4.78, 5) is 3.96. The summed E-state index contributed by atoms with van der Waals surface area (Å²) in [5.74, 6) is -0.370. The van der Waals surface area contributed by atoms with Crippen LogP contribution in [0.1, 0.15) is 11.1 Å². The molecule has 1 aromatic carbocycles. The average molecular weight is 265 g/mol. The zero-order chi connectivity index (χ0) is 12.8. The van der Waals surface area contributed by atoms with Crippen LogP contribution in [0.2, 0.25) is 5.02 Å². The van der Waals surface area contributed by atoms with Gasteiger partial charge in [-0.1, -0.05) is 17.7 Å². The van der Waals surface area contributed by atoms with Gasteiger partial charge in [0.25, 0.3) is 0 Å². The topological polar surface area (TPSA) is 24.9 Å². The lowest BCUT2D eigenvalue weighted by atomic mass is 10.2. The third-order valence-corrected chi connectivity index (χ3v) is 2.96. The molecule has 0 bridgehead atoms. The van der Waals surface area contributed by atoms with Gasteiger partial charge < -0.3 is 5.32 Å². The Balaban J connectivity index is 1.77. The molecule has 0 unspecified atom stereocenters. The van der Waals surface area contributed by atoms with Gasteiger partial charge in [0.15, 0.2) is 0 Å². The summed E-state index contributed by atoms with van der Waals surface area (Å²) in [6.45, 7) is 1.48. The van der Waals surface area contributed by atoms with Crippen molar-refractivity contribution < 1.29 is 4.39 Å². The summed E-state index contributed by atoms with van der Waals surface area (Å²) in [5.41, 5.74) is 2.13. The van der Waals surface area contributed by atoms with Crippen LogP contribution in [0.3, 0.4) is 0 Å². The van der Waals surface area contributed by atoms with Crippen molar-refractivity contribution in [3.05, 3.63) is 64.7 Å². The van der Waals surface area contributed by atoms with Gasteiger partial charge in [0.05, 0.1) is 5.02 Å². The molecule has 1 N–H and O–H groups in total. The van der Waals surface area contributed by atoms with Gasteiger partial charge in [-0.05, 0) is 48.4 Å². The lowest BCUT2D eigenvalue weighted by Crippen LogP contribution is -2.16. The molecule has 18 heavy (non-hydrogen) atoms. The van der Waals surface area contributed by atoms with Crippen molar-refractivity contribution in [2.24, 2.45) is 0 Å². The average Bonchev–Trinajstić information content (AvgIpc) is 2.40. The Morgan fingerprint density at radius 3 is 2.61 bits per heavy atom. The largest absolute Gasteiger partial charge is 0.312 e. The maximum absolute atomic E-state index is 13.2. The van der Waals surface area contributed by atoms with E-state index in [-0.39, 0.29) is 10.8 Å². The second kappa shape index (κ2) is 6.47. The Labute approximate surface area is 111 Å². The number of hydrogen-bond acceptors (Lipinski definition) is 2. The van der Waals surface area contributed by atoms with Crippen LogP contribution in [0.4, 0.5) is 4.39 Å². The lowest BCUT2D eigenvalue weighted by Gasteiger charge is -2.05. The van der Waals surface area contributed by atoms with E-state index in [1.807, 2.05) is 18.2 Å². The first-order valence-corrected chi connectivity index (χ1v) is 6.17.